The minimum absolute atomic E-state index is 0.0272. The highest BCUT2D eigenvalue weighted by Gasteiger charge is 2.60. The molecule has 2 aliphatic rings. The summed E-state index contributed by atoms with van der Waals surface area (Å²) in [5.41, 5.74) is 7.82. The van der Waals surface area contributed by atoms with E-state index in [2.05, 4.69) is 75.3 Å². The molecule has 0 spiro atoms. The van der Waals surface area contributed by atoms with E-state index in [-0.39, 0.29) is 45.8 Å². The van der Waals surface area contributed by atoms with Gasteiger partial charge in [0.1, 0.15) is 12.3 Å². The fraction of sp³-hybridized carbons (Fsp3) is 0.654. The van der Waals surface area contributed by atoms with Crippen LogP contribution in [0.5, 0.6) is 0 Å². The molecule has 13 heteroatoms. The lowest BCUT2D eigenvalue weighted by molar-refractivity contribution is -0.0540. The van der Waals surface area contributed by atoms with E-state index < -0.39 is 28.9 Å². The molecule has 4 N–H and O–H groups in total. The minimum atomic E-state index is -2.78. The van der Waals surface area contributed by atoms with Crippen molar-refractivity contribution in [1.82, 2.24) is 24.5 Å². The molecule has 2 saturated heterocycles. The Hall–Kier alpha value is -2.30. The highest BCUT2D eigenvalue weighted by Crippen LogP contribution is 2.48. The molecule has 214 valence electrons. The molecule has 2 aliphatic heterocycles. The van der Waals surface area contributed by atoms with Gasteiger partial charge in [0.15, 0.2) is 17.0 Å². The number of nitrogens with zero attached hydrogens (tertiary/aromatic N) is 3. The topological polar surface area (TPSA) is 142 Å². The fourth-order valence-corrected chi connectivity index (χ4v) is 17.4. The van der Waals surface area contributed by atoms with Gasteiger partial charge in [-0.2, -0.15) is 4.98 Å². The summed E-state index contributed by atoms with van der Waals surface area (Å²) < 4.78 is 30.0. The largest absolute Gasteiger partial charge is 0.414 e. The highest BCUT2D eigenvalue weighted by molar-refractivity contribution is 6.83. The number of nitrogens with one attached hydrogen (secondary N) is 2. The number of ether oxygens (including phenoxy) is 1. The first-order valence-electron chi connectivity index (χ1n) is 14.0. The van der Waals surface area contributed by atoms with Crippen LogP contribution in [0.1, 0.15) is 68.0 Å². The van der Waals surface area contributed by atoms with Gasteiger partial charge in [-0.15, -0.1) is 0 Å². The quantitative estimate of drug-likeness (QED) is 0.351. The molecule has 0 amide bonds. The standard InChI is InChI=1S/C26H42N6O5Si2/c1-14(2)38(15(3)4)34-13-20-19(36-39(37-38,16(5)6)17(7)8)12-21(35-20)32-23(18-10-9-11-28-18)29-22-24(32)30-26(27)31-25(22)33/h9-11,14-17,19-21,28H,12-13H2,1-8H3,(H3,27,30,31,33)/t19-,20+,21+/m0/s1. The van der Waals surface area contributed by atoms with Crippen molar-refractivity contribution in [3.05, 3.63) is 28.7 Å². The van der Waals surface area contributed by atoms with Crippen LogP contribution in [0.4, 0.5) is 5.95 Å². The Morgan fingerprint density at radius 2 is 1.67 bits per heavy atom. The van der Waals surface area contributed by atoms with Gasteiger partial charge in [-0.05, 0) is 34.3 Å². The average molecular weight is 575 g/mol. The number of H-pyrrole nitrogens is 2. The van der Waals surface area contributed by atoms with Crippen LogP contribution in [0.15, 0.2) is 23.1 Å². The Kier molecular flexibility index (Phi) is 7.44. The van der Waals surface area contributed by atoms with Gasteiger partial charge < -0.3 is 28.4 Å². The van der Waals surface area contributed by atoms with Crippen LogP contribution in [0.2, 0.25) is 22.2 Å². The van der Waals surface area contributed by atoms with Crippen LogP contribution in [0.25, 0.3) is 22.7 Å². The summed E-state index contributed by atoms with van der Waals surface area (Å²) in [7, 11) is -5.47. The summed E-state index contributed by atoms with van der Waals surface area (Å²) in [4.78, 5) is 27.7. The third-order valence-corrected chi connectivity index (χ3v) is 18.5. The van der Waals surface area contributed by atoms with E-state index in [4.69, 9.17) is 23.4 Å². The molecule has 3 atom stereocenters. The zero-order chi connectivity index (χ0) is 28.3. The van der Waals surface area contributed by atoms with Crippen molar-refractivity contribution in [3.8, 4) is 11.5 Å². The van der Waals surface area contributed by atoms with Crippen molar-refractivity contribution in [1.29, 1.82) is 0 Å². The third-order valence-electron chi connectivity index (χ3n) is 8.22. The predicted octanol–water partition coefficient (Wildman–Crippen LogP) is 4.94. The van der Waals surface area contributed by atoms with Gasteiger partial charge in [-0.3, -0.25) is 14.3 Å². The molecule has 0 aromatic carbocycles. The highest BCUT2D eigenvalue weighted by atomic mass is 28.5. The van der Waals surface area contributed by atoms with Gasteiger partial charge in [-0.25, -0.2) is 4.98 Å². The summed E-state index contributed by atoms with van der Waals surface area (Å²) >= 11 is 0. The molecule has 3 aromatic rings. The monoisotopic (exact) mass is 574 g/mol. The Balaban J connectivity index is 1.61. The molecule has 5 rings (SSSR count). The zero-order valence-corrected chi connectivity index (χ0v) is 26.1. The summed E-state index contributed by atoms with van der Waals surface area (Å²) in [6.45, 7) is 18.0. The smallest absolute Gasteiger partial charge is 0.335 e. The number of aromatic amines is 2. The van der Waals surface area contributed by atoms with E-state index in [0.29, 0.717) is 24.5 Å². The molecule has 0 radical (unpaired) electrons. The van der Waals surface area contributed by atoms with Crippen molar-refractivity contribution < 1.29 is 17.7 Å². The van der Waals surface area contributed by atoms with Gasteiger partial charge in [0.05, 0.1) is 18.4 Å². The molecule has 0 saturated carbocycles. The second-order valence-electron chi connectivity index (χ2n) is 12.0. The third kappa shape index (κ3) is 4.62. The van der Waals surface area contributed by atoms with Crippen LogP contribution in [0.3, 0.4) is 0 Å². The van der Waals surface area contributed by atoms with Crippen LogP contribution in [0, 0.1) is 0 Å². The van der Waals surface area contributed by atoms with E-state index in [1.807, 2.05) is 22.9 Å². The summed E-state index contributed by atoms with van der Waals surface area (Å²) in [5, 5.41) is 0. The molecule has 39 heavy (non-hydrogen) atoms. The van der Waals surface area contributed by atoms with E-state index in [9.17, 15) is 4.79 Å². The molecule has 2 fully saturated rings. The number of fused-ring (bicyclic) bond motifs is 2. The molecular formula is C26H42N6O5Si2. The molecule has 0 bridgehead atoms. The summed E-state index contributed by atoms with van der Waals surface area (Å²) in [5.74, 6) is 0.582. The van der Waals surface area contributed by atoms with Gasteiger partial charge in [-0.1, -0.05) is 55.4 Å². The molecule has 0 aliphatic carbocycles. The maximum atomic E-state index is 12.8. The van der Waals surface area contributed by atoms with Gasteiger partial charge in [0.2, 0.25) is 5.95 Å². The second kappa shape index (κ2) is 10.3. The van der Waals surface area contributed by atoms with Crippen molar-refractivity contribution in [2.45, 2.75) is 102 Å². The molecule has 5 heterocycles. The molecule has 3 aromatic heterocycles. The number of nitrogens with two attached hydrogens (primary N) is 1. The predicted molar refractivity (Wildman–Crippen MR) is 155 cm³/mol. The average Bonchev–Trinajstić information content (AvgIpc) is 3.57. The van der Waals surface area contributed by atoms with Crippen LogP contribution in [-0.4, -0.2) is 60.4 Å². The fourth-order valence-electron chi connectivity index (χ4n) is 6.23. The SMILES string of the molecule is CC(C)[Si]1(C(C)C)OC[C@H]2O[C@@H](n3c(-c4ccc[nH]4)nc4c(=O)[nH]c(N)nc43)C[C@@H]2O[Si](C(C)C)(C(C)C)O1. The Morgan fingerprint density at radius 3 is 2.26 bits per heavy atom. The summed E-state index contributed by atoms with van der Waals surface area (Å²) in [6.07, 6.45) is 1.32. The number of hydrogen-bond acceptors (Lipinski definition) is 8. The van der Waals surface area contributed by atoms with Crippen molar-refractivity contribution in [2.24, 2.45) is 0 Å². The first kappa shape index (κ1) is 28.2. The number of imidazole rings is 1. The lowest BCUT2D eigenvalue weighted by atomic mass is 10.2. The maximum Gasteiger partial charge on any atom is 0.335 e. The van der Waals surface area contributed by atoms with Crippen molar-refractivity contribution >= 4 is 34.2 Å². The second-order valence-corrected chi connectivity index (χ2v) is 20.9. The Bertz CT molecular complexity index is 1350. The van der Waals surface area contributed by atoms with E-state index in [1.54, 1.807) is 0 Å². The molecule has 11 nitrogen and oxygen atoms in total. The van der Waals surface area contributed by atoms with E-state index >= 15 is 0 Å². The number of nitrogen functional groups attached to an aromatic ring is 1. The number of hydrogen-bond donors (Lipinski definition) is 3. The Morgan fingerprint density at radius 1 is 1.00 bits per heavy atom. The van der Waals surface area contributed by atoms with Crippen LogP contribution >= 0.6 is 0 Å². The molecule has 0 unspecified atom stereocenters. The zero-order valence-electron chi connectivity index (χ0n) is 24.1. The van der Waals surface area contributed by atoms with E-state index in [0.717, 1.165) is 5.69 Å². The molecular weight excluding hydrogens is 532 g/mol. The number of anilines is 1. The normalized spacial score (nSPS) is 25.1. The maximum absolute atomic E-state index is 12.8. The first-order chi connectivity index (χ1) is 18.4. The minimum Gasteiger partial charge on any atom is -0.414 e. The lowest BCUT2D eigenvalue weighted by Gasteiger charge is -2.51. The number of rotatable bonds is 6. The van der Waals surface area contributed by atoms with Crippen molar-refractivity contribution in [2.75, 3.05) is 12.3 Å². The summed E-state index contributed by atoms with van der Waals surface area (Å²) in [6, 6.07) is 3.79. The lowest BCUT2D eigenvalue weighted by Crippen LogP contribution is -2.65. The van der Waals surface area contributed by atoms with E-state index in [1.165, 1.54) is 0 Å². The van der Waals surface area contributed by atoms with Crippen LogP contribution in [-0.2, 0) is 17.7 Å². The Labute approximate surface area is 231 Å². The van der Waals surface area contributed by atoms with Gasteiger partial charge >= 0.3 is 17.1 Å². The first-order valence-corrected chi connectivity index (χ1v) is 17.9. The van der Waals surface area contributed by atoms with Crippen LogP contribution < -0.4 is 11.3 Å². The van der Waals surface area contributed by atoms with Gasteiger partial charge in [0.25, 0.3) is 5.56 Å². The van der Waals surface area contributed by atoms with Gasteiger partial charge in [0, 0.05) is 12.6 Å². The van der Waals surface area contributed by atoms with Crippen molar-refractivity contribution in [3.63, 3.8) is 0 Å². The number of aromatic nitrogens is 5.